The number of rotatable bonds is 4. The summed E-state index contributed by atoms with van der Waals surface area (Å²) in [6.45, 7) is 4.18. The van der Waals surface area contributed by atoms with E-state index >= 15 is 0 Å². The predicted octanol–water partition coefficient (Wildman–Crippen LogP) is 4.27. The Balaban J connectivity index is 1.85. The van der Waals surface area contributed by atoms with Gasteiger partial charge >= 0.3 is 0 Å². The molecule has 0 bridgehead atoms. The van der Waals surface area contributed by atoms with Crippen molar-refractivity contribution in [3.8, 4) is 17.1 Å². The number of carbonyl (C=O) groups is 1. The standard InChI is InChI=1S/C21H23N3O2/c1-5-21(6-2)15-11-16-17(12-18(15)24(3)20(21)25)23-19(22-16)13-7-9-14(26-4)10-8-13/h7-12H,5-6H2,1-4H3,(H,22,23). The first-order valence-electron chi connectivity index (χ1n) is 9.01. The van der Waals surface area contributed by atoms with Crippen LogP contribution in [-0.2, 0) is 10.2 Å². The number of aromatic amines is 1. The molecule has 0 saturated heterocycles. The molecule has 3 aromatic rings. The van der Waals surface area contributed by atoms with Crippen molar-refractivity contribution in [3.05, 3.63) is 42.0 Å². The second kappa shape index (κ2) is 5.87. The van der Waals surface area contributed by atoms with Crippen molar-refractivity contribution in [2.45, 2.75) is 32.1 Å². The maximum absolute atomic E-state index is 12.9. The van der Waals surface area contributed by atoms with E-state index in [2.05, 4.69) is 24.9 Å². The number of hydrogen-bond donors (Lipinski definition) is 1. The van der Waals surface area contributed by atoms with E-state index in [1.807, 2.05) is 37.4 Å². The maximum atomic E-state index is 12.9. The fourth-order valence-corrected chi connectivity index (χ4v) is 4.07. The number of anilines is 1. The van der Waals surface area contributed by atoms with Crippen molar-refractivity contribution in [2.75, 3.05) is 19.1 Å². The summed E-state index contributed by atoms with van der Waals surface area (Å²) < 4.78 is 5.22. The van der Waals surface area contributed by atoms with Gasteiger partial charge in [0.15, 0.2) is 0 Å². The summed E-state index contributed by atoms with van der Waals surface area (Å²) in [5, 5.41) is 0. The average molecular weight is 349 g/mol. The van der Waals surface area contributed by atoms with Crippen molar-refractivity contribution >= 4 is 22.6 Å². The van der Waals surface area contributed by atoms with E-state index in [4.69, 9.17) is 9.72 Å². The fourth-order valence-electron chi connectivity index (χ4n) is 4.07. The van der Waals surface area contributed by atoms with E-state index in [9.17, 15) is 4.79 Å². The number of fused-ring (bicyclic) bond motifs is 2. The summed E-state index contributed by atoms with van der Waals surface area (Å²) in [5.41, 5.74) is 4.49. The van der Waals surface area contributed by atoms with Crippen molar-refractivity contribution in [1.29, 1.82) is 0 Å². The van der Waals surface area contributed by atoms with Crippen LogP contribution >= 0.6 is 0 Å². The van der Waals surface area contributed by atoms with E-state index in [1.165, 1.54) is 0 Å². The third-order valence-corrected chi connectivity index (χ3v) is 5.76. The van der Waals surface area contributed by atoms with E-state index in [-0.39, 0.29) is 5.91 Å². The summed E-state index contributed by atoms with van der Waals surface area (Å²) in [7, 11) is 3.51. The van der Waals surface area contributed by atoms with Gasteiger partial charge < -0.3 is 14.6 Å². The maximum Gasteiger partial charge on any atom is 0.237 e. The monoisotopic (exact) mass is 349 g/mol. The number of nitrogens with zero attached hydrogens (tertiary/aromatic N) is 2. The minimum absolute atomic E-state index is 0.181. The summed E-state index contributed by atoms with van der Waals surface area (Å²) in [6.07, 6.45) is 1.59. The van der Waals surface area contributed by atoms with Crippen LogP contribution in [0.25, 0.3) is 22.4 Å². The molecule has 0 fully saturated rings. The molecule has 4 rings (SSSR count). The first kappa shape index (κ1) is 16.6. The Kier molecular flexibility index (Phi) is 3.75. The van der Waals surface area contributed by atoms with E-state index < -0.39 is 5.41 Å². The Bertz CT molecular complexity index is 984. The number of imidazole rings is 1. The molecule has 134 valence electrons. The number of carbonyl (C=O) groups excluding carboxylic acids is 1. The number of H-pyrrole nitrogens is 1. The number of ether oxygens (including phenoxy) is 1. The van der Waals surface area contributed by atoms with Gasteiger partial charge in [0.25, 0.3) is 0 Å². The molecule has 2 heterocycles. The molecular formula is C21H23N3O2. The molecule has 1 aromatic heterocycles. The lowest BCUT2D eigenvalue weighted by atomic mass is 9.77. The third-order valence-electron chi connectivity index (χ3n) is 5.76. The molecule has 1 aliphatic rings. The van der Waals surface area contributed by atoms with Crippen LogP contribution < -0.4 is 9.64 Å². The molecular weight excluding hydrogens is 326 g/mol. The molecule has 1 amide bonds. The molecule has 0 aliphatic carbocycles. The Hall–Kier alpha value is -2.82. The van der Waals surface area contributed by atoms with Crippen LogP contribution in [0.3, 0.4) is 0 Å². The minimum atomic E-state index is -0.427. The van der Waals surface area contributed by atoms with Crippen LogP contribution in [-0.4, -0.2) is 30.0 Å². The van der Waals surface area contributed by atoms with Crippen molar-refractivity contribution < 1.29 is 9.53 Å². The highest BCUT2D eigenvalue weighted by atomic mass is 16.5. The number of aromatic nitrogens is 2. The van der Waals surface area contributed by atoms with Crippen LogP contribution in [0.2, 0.25) is 0 Å². The zero-order valence-corrected chi connectivity index (χ0v) is 15.6. The third kappa shape index (κ3) is 2.16. The molecule has 1 N–H and O–H groups in total. The predicted molar refractivity (Wildman–Crippen MR) is 104 cm³/mol. The average Bonchev–Trinajstić information content (AvgIpc) is 3.18. The zero-order chi connectivity index (χ0) is 18.5. The molecule has 1 aliphatic heterocycles. The highest BCUT2D eigenvalue weighted by molar-refractivity contribution is 6.09. The van der Waals surface area contributed by atoms with Gasteiger partial charge in [-0.2, -0.15) is 0 Å². The summed E-state index contributed by atoms with van der Waals surface area (Å²) in [5.74, 6) is 1.82. The molecule has 0 atom stereocenters. The molecule has 0 radical (unpaired) electrons. The number of nitrogens with one attached hydrogen (secondary N) is 1. The quantitative estimate of drug-likeness (QED) is 0.765. The summed E-state index contributed by atoms with van der Waals surface area (Å²) >= 11 is 0. The normalized spacial score (nSPS) is 15.5. The smallest absolute Gasteiger partial charge is 0.237 e. The van der Waals surface area contributed by atoms with Gasteiger partial charge in [0.2, 0.25) is 5.91 Å². The molecule has 26 heavy (non-hydrogen) atoms. The topological polar surface area (TPSA) is 58.2 Å². The number of amides is 1. The van der Waals surface area contributed by atoms with E-state index in [0.717, 1.165) is 52.3 Å². The van der Waals surface area contributed by atoms with Gasteiger partial charge in [0, 0.05) is 18.3 Å². The van der Waals surface area contributed by atoms with Gasteiger partial charge in [-0.3, -0.25) is 4.79 Å². The second-order valence-electron chi connectivity index (χ2n) is 6.85. The molecule has 2 aromatic carbocycles. The van der Waals surface area contributed by atoms with Crippen LogP contribution in [0.5, 0.6) is 5.75 Å². The molecule has 5 heteroatoms. The van der Waals surface area contributed by atoms with Crippen molar-refractivity contribution in [2.24, 2.45) is 0 Å². The summed E-state index contributed by atoms with van der Waals surface area (Å²) in [6, 6.07) is 12.0. The van der Waals surface area contributed by atoms with Crippen molar-refractivity contribution in [1.82, 2.24) is 9.97 Å². The van der Waals surface area contributed by atoms with E-state index in [1.54, 1.807) is 12.0 Å². The van der Waals surface area contributed by atoms with Gasteiger partial charge in [-0.15, -0.1) is 0 Å². The summed E-state index contributed by atoms with van der Waals surface area (Å²) in [4.78, 5) is 22.8. The lowest BCUT2D eigenvalue weighted by molar-refractivity contribution is -0.123. The molecule has 0 unspecified atom stereocenters. The van der Waals surface area contributed by atoms with Crippen LogP contribution in [0.1, 0.15) is 32.3 Å². The number of methoxy groups -OCH3 is 1. The highest BCUT2D eigenvalue weighted by Crippen LogP contribution is 2.46. The largest absolute Gasteiger partial charge is 0.497 e. The highest BCUT2D eigenvalue weighted by Gasteiger charge is 2.47. The molecule has 0 saturated carbocycles. The first-order valence-corrected chi connectivity index (χ1v) is 9.01. The minimum Gasteiger partial charge on any atom is -0.497 e. The molecule has 5 nitrogen and oxygen atoms in total. The number of hydrogen-bond acceptors (Lipinski definition) is 3. The van der Waals surface area contributed by atoms with Crippen LogP contribution in [0.4, 0.5) is 5.69 Å². The fraction of sp³-hybridized carbons (Fsp3) is 0.333. The zero-order valence-electron chi connectivity index (χ0n) is 15.6. The van der Waals surface area contributed by atoms with Crippen LogP contribution in [0, 0.1) is 0 Å². The Morgan fingerprint density at radius 1 is 1.15 bits per heavy atom. The Morgan fingerprint density at radius 3 is 2.46 bits per heavy atom. The lowest BCUT2D eigenvalue weighted by Crippen LogP contribution is -2.37. The second-order valence-corrected chi connectivity index (χ2v) is 6.85. The van der Waals surface area contributed by atoms with E-state index in [0.29, 0.717) is 0 Å². The lowest BCUT2D eigenvalue weighted by Gasteiger charge is -2.24. The van der Waals surface area contributed by atoms with Gasteiger partial charge in [-0.25, -0.2) is 4.98 Å². The first-order chi connectivity index (χ1) is 12.5. The van der Waals surface area contributed by atoms with Gasteiger partial charge in [-0.1, -0.05) is 13.8 Å². The molecule has 0 spiro atoms. The number of likely N-dealkylation sites (N-methyl/N-ethyl adjacent to an activating group) is 1. The van der Waals surface area contributed by atoms with Gasteiger partial charge in [0.1, 0.15) is 11.6 Å². The van der Waals surface area contributed by atoms with Gasteiger partial charge in [-0.05, 0) is 54.8 Å². The Morgan fingerprint density at radius 2 is 1.85 bits per heavy atom. The Labute approximate surface area is 153 Å². The van der Waals surface area contributed by atoms with Crippen LogP contribution in [0.15, 0.2) is 36.4 Å². The number of benzene rings is 2. The van der Waals surface area contributed by atoms with Gasteiger partial charge in [0.05, 0.1) is 23.6 Å². The SMILES string of the molecule is CCC1(CC)C(=O)N(C)c2cc3nc(-c4ccc(OC)cc4)[nH]c3cc21. The van der Waals surface area contributed by atoms with Crippen molar-refractivity contribution in [3.63, 3.8) is 0 Å².